The Kier molecular flexibility index (Phi) is 4.52. The minimum absolute atomic E-state index is 0.189. The zero-order chi connectivity index (χ0) is 13.8. The summed E-state index contributed by atoms with van der Waals surface area (Å²) in [7, 11) is 0. The van der Waals surface area contributed by atoms with Crippen LogP contribution in [0.2, 0.25) is 0 Å². The predicted molar refractivity (Wildman–Crippen MR) is 81.4 cm³/mol. The molecule has 2 fully saturated rings. The van der Waals surface area contributed by atoms with E-state index in [1.54, 1.807) is 0 Å². The third-order valence-corrected chi connectivity index (χ3v) is 4.93. The molecular weight excluding hydrogens is 272 g/mol. The van der Waals surface area contributed by atoms with Crippen LogP contribution in [0.3, 0.4) is 0 Å². The summed E-state index contributed by atoms with van der Waals surface area (Å²) in [5.74, 6) is 1.46. The van der Waals surface area contributed by atoms with Gasteiger partial charge in [-0.05, 0) is 43.4 Å². The molecule has 1 saturated carbocycles. The Morgan fingerprint density at radius 1 is 1.10 bits per heavy atom. The highest BCUT2D eigenvalue weighted by Gasteiger charge is 2.40. The largest absolute Gasteiger partial charge is 0.491 e. The van der Waals surface area contributed by atoms with E-state index in [4.69, 9.17) is 21.1 Å². The highest BCUT2D eigenvalue weighted by atomic mass is 35.5. The molecule has 0 radical (unpaired) electrons. The van der Waals surface area contributed by atoms with Gasteiger partial charge >= 0.3 is 0 Å². The van der Waals surface area contributed by atoms with Crippen LogP contribution < -0.4 is 4.74 Å². The van der Waals surface area contributed by atoms with Gasteiger partial charge in [-0.25, -0.2) is 0 Å². The number of ether oxygens (including phenoxy) is 2. The summed E-state index contributed by atoms with van der Waals surface area (Å²) >= 11 is 5.78. The van der Waals surface area contributed by atoms with Gasteiger partial charge in [-0.2, -0.15) is 0 Å². The lowest BCUT2D eigenvalue weighted by atomic mass is 9.83. The predicted octanol–water partition coefficient (Wildman–Crippen LogP) is 4.69. The van der Waals surface area contributed by atoms with Crippen molar-refractivity contribution in [3.63, 3.8) is 0 Å². The molecule has 1 aliphatic heterocycles. The highest BCUT2D eigenvalue weighted by molar-refractivity contribution is 6.17. The van der Waals surface area contributed by atoms with E-state index in [-0.39, 0.29) is 11.7 Å². The quantitative estimate of drug-likeness (QED) is 0.750. The molecule has 2 nitrogen and oxygen atoms in total. The molecule has 1 heterocycles. The summed E-state index contributed by atoms with van der Waals surface area (Å²) in [5.41, 5.74) is 1.31. The van der Waals surface area contributed by atoms with Gasteiger partial charge < -0.3 is 9.47 Å². The SMILES string of the molecule is ClCc1ccc(OCC2CCC3(CCCCC3)O2)cc1. The number of hydrogen-bond donors (Lipinski definition) is 0. The van der Waals surface area contributed by atoms with Crippen LogP contribution in [-0.2, 0) is 10.6 Å². The molecule has 1 aliphatic carbocycles. The maximum absolute atomic E-state index is 6.31. The van der Waals surface area contributed by atoms with Gasteiger partial charge in [-0.1, -0.05) is 31.4 Å². The summed E-state index contributed by atoms with van der Waals surface area (Å²) in [6.45, 7) is 0.669. The lowest BCUT2D eigenvalue weighted by molar-refractivity contribution is -0.0748. The van der Waals surface area contributed by atoms with Crippen LogP contribution in [0.15, 0.2) is 24.3 Å². The third-order valence-electron chi connectivity index (χ3n) is 4.62. The molecule has 0 amide bonds. The molecule has 2 aliphatic rings. The number of rotatable bonds is 4. The smallest absolute Gasteiger partial charge is 0.119 e. The number of hydrogen-bond acceptors (Lipinski definition) is 2. The van der Waals surface area contributed by atoms with E-state index in [0.29, 0.717) is 12.5 Å². The average molecular weight is 295 g/mol. The zero-order valence-corrected chi connectivity index (χ0v) is 12.7. The molecule has 1 aromatic rings. The van der Waals surface area contributed by atoms with Gasteiger partial charge in [0.2, 0.25) is 0 Å². The van der Waals surface area contributed by atoms with E-state index in [1.165, 1.54) is 38.5 Å². The monoisotopic (exact) mass is 294 g/mol. The Morgan fingerprint density at radius 3 is 2.55 bits per heavy atom. The molecular formula is C17H23ClO2. The van der Waals surface area contributed by atoms with Crippen LogP contribution >= 0.6 is 11.6 Å². The molecule has 0 N–H and O–H groups in total. The number of alkyl halides is 1. The van der Waals surface area contributed by atoms with E-state index in [9.17, 15) is 0 Å². The summed E-state index contributed by atoms with van der Waals surface area (Å²) < 4.78 is 12.2. The van der Waals surface area contributed by atoms with E-state index in [1.807, 2.05) is 24.3 Å². The Labute approximate surface area is 126 Å². The first-order valence-electron chi connectivity index (χ1n) is 7.75. The molecule has 20 heavy (non-hydrogen) atoms. The first-order valence-corrected chi connectivity index (χ1v) is 8.29. The van der Waals surface area contributed by atoms with Crippen molar-refractivity contribution >= 4 is 11.6 Å². The van der Waals surface area contributed by atoms with E-state index < -0.39 is 0 Å². The number of benzene rings is 1. The minimum atomic E-state index is 0.189. The van der Waals surface area contributed by atoms with Crippen LogP contribution in [0.25, 0.3) is 0 Å². The Balaban J connectivity index is 1.49. The van der Waals surface area contributed by atoms with Gasteiger partial charge in [0.05, 0.1) is 11.7 Å². The molecule has 3 heteroatoms. The van der Waals surface area contributed by atoms with Gasteiger partial charge in [-0.15, -0.1) is 11.6 Å². The molecule has 1 saturated heterocycles. The lowest BCUT2D eigenvalue weighted by Crippen LogP contribution is -2.32. The maximum atomic E-state index is 6.31. The maximum Gasteiger partial charge on any atom is 0.119 e. The number of halogens is 1. The second-order valence-corrected chi connectivity index (χ2v) is 6.38. The van der Waals surface area contributed by atoms with Crippen molar-refractivity contribution in [1.82, 2.24) is 0 Å². The van der Waals surface area contributed by atoms with Crippen molar-refractivity contribution in [2.45, 2.75) is 62.5 Å². The normalized spacial score (nSPS) is 24.9. The molecule has 1 spiro atoms. The fourth-order valence-electron chi connectivity index (χ4n) is 3.44. The molecule has 1 unspecified atom stereocenters. The van der Waals surface area contributed by atoms with Crippen LogP contribution in [0.1, 0.15) is 50.5 Å². The van der Waals surface area contributed by atoms with Crippen molar-refractivity contribution in [1.29, 1.82) is 0 Å². The zero-order valence-electron chi connectivity index (χ0n) is 11.9. The van der Waals surface area contributed by atoms with Crippen molar-refractivity contribution in [2.75, 3.05) is 6.61 Å². The molecule has 0 bridgehead atoms. The summed E-state index contributed by atoms with van der Waals surface area (Å²) in [5, 5.41) is 0. The second kappa shape index (κ2) is 6.36. The first-order chi connectivity index (χ1) is 9.80. The third kappa shape index (κ3) is 3.29. The second-order valence-electron chi connectivity index (χ2n) is 6.11. The molecule has 1 aromatic carbocycles. The lowest BCUT2D eigenvalue weighted by Gasteiger charge is -2.33. The standard InChI is InChI=1S/C17H23ClO2/c18-12-14-4-6-15(7-5-14)19-13-16-8-11-17(20-16)9-2-1-3-10-17/h4-7,16H,1-3,8-13H2. The van der Waals surface area contributed by atoms with Gasteiger partial charge in [0.1, 0.15) is 12.4 Å². The Morgan fingerprint density at radius 2 is 1.85 bits per heavy atom. The molecule has 0 aromatic heterocycles. The summed E-state index contributed by atoms with van der Waals surface area (Å²) in [6, 6.07) is 8.01. The van der Waals surface area contributed by atoms with Crippen molar-refractivity contribution in [3.05, 3.63) is 29.8 Å². The van der Waals surface area contributed by atoms with Gasteiger partial charge in [0.25, 0.3) is 0 Å². The van der Waals surface area contributed by atoms with Crippen LogP contribution in [0.4, 0.5) is 0 Å². The van der Waals surface area contributed by atoms with E-state index >= 15 is 0 Å². The molecule has 3 rings (SSSR count). The average Bonchev–Trinajstić information content (AvgIpc) is 2.89. The van der Waals surface area contributed by atoms with E-state index in [2.05, 4.69) is 0 Å². The summed E-state index contributed by atoms with van der Waals surface area (Å²) in [6.07, 6.45) is 9.13. The van der Waals surface area contributed by atoms with E-state index in [0.717, 1.165) is 17.7 Å². The van der Waals surface area contributed by atoms with Crippen LogP contribution in [0, 0.1) is 0 Å². The molecule has 1 atom stereocenters. The minimum Gasteiger partial charge on any atom is -0.491 e. The van der Waals surface area contributed by atoms with Crippen LogP contribution in [-0.4, -0.2) is 18.3 Å². The van der Waals surface area contributed by atoms with Gasteiger partial charge in [0, 0.05) is 5.88 Å². The van der Waals surface area contributed by atoms with Crippen LogP contribution in [0.5, 0.6) is 5.75 Å². The first kappa shape index (κ1) is 14.2. The molecule has 110 valence electrons. The Bertz CT molecular complexity index is 423. The topological polar surface area (TPSA) is 18.5 Å². The van der Waals surface area contributed by atoms with Gasteiger partial charge in [0.15, 0.2) is 0 Å². The van der Waals surface area contributed by atoms with Crippen molar-refractivity contribution < 1.29 is 9.47 Å². The van der Waals surface area contributed by atoms with Crippen molar-refractivity contribution in [3.8, 4) is 5.75 Å². The fraction of sp³-hybridized carbons (Fsp3) is 0.647. The Hall–Kier alpha value is -0.730. The van der Waals surface area contributed by atoms with Crippen molar-refractivity contribution in [2.24, 2.45) is 0 Å². The summed E-state index contributed by atoms with van der Waals surface area (Å²) in [4.78, 5) is 0. The van der Waals surface area contributed by atoms with Gasteiger partial charge in [-0.3, -0.25) is 0 Å². The highest BCUT2D eigenvalue weighted by Crippen LogP contribution is 2.41. The fourth-order valence-corrected chi connectivity index (χ4v) is 3.62.